The van der Waals surface area contributed by atoms with Crippen LogP contribution in [0.3, 0.4) is 0 Å². The summed E-state index contributed by atoms with van der Waals surface area (Å²) in [5, 5.41) is 19.3. The molecule has 0 aliphatic carbocycles. The molecule has 2 aromatic heterocycles. The zero-order valence-electron chi connectivity index (χ0n) is 21.2. The van der Waals surface area contributed by atoms with Gasteiger partial charge in [0.15, 0.2) is 0 Å². The van der Waals surface area contributed by atoms with E-state index in [1.165, 1.54) is 6.07 Å². The van der Waals surface area contributed by atoms with Gasteiger partial charge in [-0.3, -0.25) is 14.3 Å². The number of nitrogens with one attached hydrogen (secondary N) is 2. The van der Waals surface area contributed by atoms with Crippen LogP contribution in [0, 0.1) is 13.8 Å². The van der Waals surface area contributed by atoms with Crippen molar-refractivity contribution in [2.24, 2.45) is 0 Å². The second-order valence-corrected chi connectivity index (χ2v) is 10.0. The Labute approximate surface area is 230 Å². The Morgan fingerprint density at radius 3 is 2.41 bits per heavy atom. The highest BCUT2D eigenvalue weighted by atomic mass is 79.9. The number of aryl methyl sites for hydroxylation is 1. The molecule has 2 aromatic carbocycles. The van der Waals surface area contributed by atoms with Crippen molar-refractivity contribution in [3.63, 3.8) is 0 Å². The lowest BCUT2D eigenvalue weighted by Crippen LogP contribution is -2.34. The fourth-order valence-corrected chi connectivity index (χ4v) is 4.39. The van der Waals surface area contributed by atoms with Crippen molar-refractivity contribution in [2.45, 2.75) is 39.5 Å². The standard InChI is InChI=1S/C27H25BrF3N5O3/c1-14(13-37)32-25(38)18-6-4-17(5-7-18)12-36-16(3)24(15(2)35-36)34-26(39)21-11-23(27(29,30)31)33-22-9-8-19(28)10-20(21)22/h4-11,14,37H,12-13H2,1-3H3,(H,32,38)(H,34,39)/t14-/m0/s1. The Morgan fingerprint density at radius 2 is 1.77 bits per heavy atom. The smallest absolute Gasteiger partial charge is 0.394 e. The number of rotatable bonds is 7. The van der Waals surface area contributed by atoms with Gasteiger partial charge >= 0.3 is 6.18 Å². The number of amides is 2. The lowest BCUT2D eigenvalue weighted by Gasteiger charge is -2.13. The van der Waals surface area contributed by atoms with E-state index in [4.69, 9.17) is 5.11 Å². The topological polar surface area (TPSA) is 109 Å². The molecular formula is C27H25BrF3N5O3. The van der Waals surface area contributed by atoms with Crippen LogP contribution in [-0.4, -0.2) is 44.3 Å². The number of benzene rings is 2. The molecule has 1 atom stereocenters. The highest BCUT2D eigenvalue weighted by Gasteiger charge is 2.34. The number of pyridine rings is 1. The molecule has 0 fully saturated rings. The number of hydrogen-bond donors (Lipinski definition) is 3. The molecule has 4 aromatic rings. The molecule has 0 aliphatic heterocycles. The monoisotopic (exact) mass is 603 g/mol. The van der Waals surface area contributed by atoms with Gasteiger partial charge in [0.1, 0.15) is 5.69 Å². The van der Waals surface area contributed by atoms with Crippen LogP contribution >= 0.6 is 15.9 Å². The number of nitrogens with zero attached hydrogens (tertiary/aromatic N) is 3. The van der Waals surface area contributed by atoms with Crippen LogP contribution in [0.1, 0.15) is 50.3 Å². The van der Waals surface area contributed by atoms with Crippen molar-refractivity contribution in [3.05, 3.63) is 86.8 Å². The van der Waals surface area contributed by atoms with Crippen LogP contribution in [0.5, 0.6) is 0 Å². The SMILES string of the molecule is Cc1nn(Cc2ccc(C(=O)N[C@@H](C)CO)cc2)c(C)c1NC(=O)c1cc(C(F)(F)F)nc2ccc(Br)cc12. The maximum Gasteiger partial charge on any atom is 0.433 e. The summed E-state index contributed by atoms with van der Waals surface area (Å²) in [7, 11) is 0. The first-order chi connectivity index (χ1) is 18.4. The van der Waals surface area contributed by atoms with Crippen molar-refractivity contribution >= 4 is 44.3 Å². The minimum Gasteiger partial charge on any atom is -0.394 e. The maximum atomic E-state index is 13.5. The van der Waals surface area contributed by atoms with E-state index in [0.717, 1.165) is 11.6 Å². The summed E-state index contributed by atoms with van der Waals surface area (Å²) in [4.78, 5) is 29.2. The van der Waals surface area contributed by atoms with Gasteiger partial charge in [-0.2, -0.15) is 18.3 Å². The maximum absolute atomic E-state index is 13.5. The fourth-order valence-electron chi connectivity index (χ4n) is 4.03. The second kappa shape index (κ2) is 11.1. The van der Waals surface area contributed by atoms with Crippen LogP contribution < -0.4 is 10.6 Å². The summed E-state index contributed by atoms with van der Waals surface area (Å²) < 4.78 is 42.7. The van der Waals surface area contributed by atoms with E-state index in [0.29, 0.717) is 33.7 Å². The zero-order chi connectivity index (χ0) is 28.5. The van der Waals surface area contributed by atoms with Gasteiger partial charge in [0.25, 0.3) is 11.8 Å². The van der Waals surface area contributed by atoms with E-state index in [1.807, 2.05) is 0 Å². The zero-order valence-corrected chi connectivity index (χ0v) is 22.8. The predicted octanol–water partition coefficient (Wildman–Crippen LogP) is 5.24. The molecule has 4 rings (SSSR count). The third-order valence-corrected chi connectivity index (χ3v) is 6.62. The van der Waals surface area contributed by atoms with E-state index in [9.17, 15) is 22.8 Å². The number of carbonyl (C=O) groups excluding carboxylic acids is 2. The minimum absolute atomic E-state index is 0.0465. The van der Waals surface area contributed by atoms with Crippen LogP contribution in [0.2, 0.25) is 0 Å². The van der Waals surface area contributed by atoms with Crippen molar-refractivity contribution in [1.82, 2.24) is 20.1 Å². The number of anilines is 1. The number of alkyl halides is 3. The molecule has 0 saturated carbocycles. The van der Waals surface area contributed by atoms with E-state index in [1.54, 1.807) is 61.9 Å². The molecule has 0 spiro atoms. The average Bonchev–Trinajstić information content (AvgIpc) is 3.14. The highest BCUT2D eigenvalue weighted by molar-refractivity contribution is 9.10. The Hall–Kier alpha value is -3.77. The molecule has 0 radical (unpaired) electrons. The largest absolute Gasteiger partial charge is 0.433 e. The third kappa shape index (κ3) is 6.28. The fraction of sp³-hybridized carbons (Fsp3) is 0.259. The van der Waals surface area contributed by atoms with Crippen LogP contribution in [0.15, 0.2) is 53.0 Å². The number of aliphatic hydroxyl groups is 1. The summed E-state index contributed by atoms with van der Waals surface area (Å²) in [6.45, 7) is 5.30. The van der Waals surface area contributed by atoms with Gasteiger partial charge in [0.2, 0.25) is 0 Å². The van der Waals surface area contributed by atoms with Crippen LogP contribution in [0.4, 0.5) is 18.9 Å². The Balaban J connectivity index is 1.58. The molecular weight excluding hydrogens is 579 g/mol. The summed E-state index contributed by atoms with van der Waals surface area (Å²) in [6.07, 6.45) is -4.72. The van der Waals surface area contributed by atoms with Crippen molar-refractivity contribution in [3.8, 4) is 0 Å². The predicted molar refractivity (Wildman–Crippen MR) is 144 cm³/mol. The van der Waals surface area contributed by atoms with Crippen LogP contribution in [-0.2, 0) is 12.7 Å². The number of aromatic nitrogens is 3. The van der Waals surface area contributed by atoms with Gasteiger partial charge < -0.3 is 15.7 Å². The Kier molecular flexibility index (Phi) is 8.07. The lowest BCUT2D eigenvalue weighted by molar-refractivity contribution is -0.141. The molecule has 0 saturated heterocycles. The molecule has 39 heavy (non-hydrogen) atoms. The first-order valence-electron chi connectivity index (χ1n) is 11.9. The normalized spacial score (nSPS) is 12.4. The van der Waals surface area contributed by atoms with Crippen molar-refractivity contribution < 1.29 is 27.9 Å². The van der Waals surface area contributed by atoms with Gasteiger partial charge in [-0.05, 0) is 62.7 Å². The molecule has 0 unspecified atom stereocenters. The van der Waals surface area contributed by atoms with Crippen molar-refractivity contribution in [1.29, 1.82) is 0 Å². The molecule has 0 bridgehead atoms. The molecule has 8 nitrogen and oxygen atoms in total. The van der Waals surface area contributed by atoms with Crippen LogP contribution in [0.25, 0.3) is 10.9 Å². The quantitative estimate of drug-likeness (QED) is 0.268. The molecule has 2 heterocycles. The number of halogens is 4. The van der Waals surface area contributed by atoms with Gasteiger partial charge in [-0.25, -0.2) is 4.98 Å². The van der Waals surface area contributed by atoms with Gasteiger partial charge in [0, 0.05) is 21.5 Å². The average molecular weight is 604 g/mol. The number of hydrogen-bond acceptors (Lipinski definition) is 5. The summed E-state index contributed by atoms with van der Waals surface area (Å²) >= 11 is 3.30. The number of carbonyl (C=O) groups is 2. The number of aliphatic hydroxyl groups excluding tert-OH is 1. The molecule has 204 valence electrons. The molecule has 0 aliphatic rings. The molecule has 2 amide bonds. The van der Waals surface area contributed by atoms with Gasteiger partial charge in [0.05, 0.1) is 41.3 Å². The second-order valence-electron chi connectivity index (χ2n) is 9.13. The summed E-state index contributed by atoms with van der Waals surface area (Å²) in [6, 6.07) is 11.8. The molecule has 12 heteroatoms. The van der Waals surface area contributed by atoms with Gasteiger partial charge in [-0.1, -0.05) is 28.1 Å². The first kappa shape index (κ1) is 28.2. The summed E-state index contributed by atoms with van der Waals surface area (Å²) in [5.74, 6) is -1.02. The van der Waals surface area contributed by atoms with Gasteiger partial charge in [-0.15, -0.1) is 0 Å². The van der Waals surface area contributed by atoms with E-state index >= 15 is 0 Å². The van der Waals surface area contributed by atoms with E-state index in [-0.39, 0.29) is 35.0 Å². The lowest BCUT2D eigenvalue weighted by atomic mass is 10.1. The Morgan fingerprint density at radius 1 is 1.08 bits per heavy atom. The molecule has 3 N–H and O–H groups in total. The van der Waals surface area contributed by atoms with Crippen molar-refractivity contribution in [2.75, 3.05) is 11.9 Å². The van der Waals surface area contributed by atoms with E-state index < -0.39 is 17.8 Å². The summed E-state index contributed by atoms with van der Waals surface area (Å²) in [5.41, 5.74) is 1.49. The minimum atomic E-state index is -4.72. The number of fused-ring (bicyclic) bond motifs is 1. The Bertz CT molecular complexity index is 1550. The van der Waals surface area contributed by atoms with E-state index in [2.05, 4.69) is 36.6 Å². The highest BCUT2D eigenvalue weighted by Crippen LogP contribution is 2.32. The third-order valence-electron chi connectivity index (χ3n) is 6.13. The first-order valence-corrected chi connectivity index (χ1v) is 12.7.